The molecule has 0 aliphatic carbocycles. The first-order valence-electron chi connectivity index (χ1n) is 8.22. The van der Waals surface area contributed by atoms with Crippen LogP contribution in [0, 0.1) is 13.8 Å². The minimum atomic E-state index is 0.110. The number of carbonyl (C=O) groups is 1. The highest BCUT2D eigenvalue weighted by Gasteiger charge is 2.15. The molecule has 25 heavy (non-hydrogen) atoms. The van der Waals surface area contributed by atoms with Gasteiger partial charge >= 0.3 is 0 Å². The van der Waals surface area contributed by atoms with E-state index in [9.17, 15) is 4.79 Å². The van der Waals surface area contributed by atoms with Crippen molar-refractivity contribution in [1.82, 2.24) is 14.9 Å². The number of aryl methyl sites for hydroxylation is 2. The predicted octanol–water partition coefficient (Wildman–Crippen LogP) is 2.11. The molecule has 2 heterocycles. The van der Waals surface area contributed by atoms with Crippen molar-refractivity contribution in [2.45, 2.75) is 20.4 Å². The van der Waals surface area contributed by atoms with E-state index >= 15 is 0 Å². The average Bonchev–Trinajstić information content (AvgIpc) is 2.60. The SMILES string of the molecule is Cc1cc(Oc2ncnc(N)c2C=O)c(C)cc1CN1CCOCC1. The summed E-state index contributed by atoms with van der Waals surface area (Å²) in [6.07, 6.45) is 1.90. The van der Waals surface area contributed by atoms with Crippen LogP contribution in [0.1, 0.15) is 27.0 Å². The van der Waals surface area contributed by atoms with E-state index in [4.69, 9.17) is 15.2 Å². The van der Waals surface area contributed by atoms with Gasteiger partial charge in [0.1, 0.15) is 23.5 Å². The van der Waals surface area contributed by atoms with Gasteiger partial charge in [0.05, 0.1) is 13.2 Å². The van der Waals surface area contributed by atoms with E-state index in [1.165, 1.54) is 11.9 Å². The number of aromatic nitrogens is 2. The molecule has 1 aromatic heterocycles. The summed E-state index contributed by atoms with van der Waals surface area (Å²) < 4.78 is 11.2. The molecule has 1 aliphatic rings. The minimum absolute atomic E-state index is 0.110. The summed E-state index contributed by atoms with van der Waals surface area (Å²) in [4.78, 5) is 21.4. The van der Waals surface area contributed by atoms with Crippen molar-refractivity contribution in [2.75, 3.05) is 32.0 Å². The third-order valence-corrected chi connectivity index (χ3v) is 4.33. The molecule has 1 aliphatic heterocycles. The van der Waals surface area contributed by atoms with Crippen molar-refractivity contribution >= 4 is 12.1 Å². The topological polar surface area (TPSA) is 90.6 Å². The molecule has 3 rings (SSSR count). The highest BCUT2D eigenvalue weighted by molar-refractivity contribution is 5.84. The maximum absolute atomic E-state index is 11.2. The van der Waals surface area contributed by atoms with E-state index in [2.05, 4.69) is 27.9 Å². The molecule has 1 aromatic carbocycles. The third kappa shape index (κ3) is 3.94. The molecular formula is C18H22N4O3. The minimum Gasteiger partial charge on any atom is -0.438 e. The van der Waals surface area contributed by atoms with Gasteiger partial charge in [-0.3, -0.25) is 9.69 Å². The second-order valence-corrected chi connectivity index (χ2v) is 6.13. The molecule has 0 unspecified atom stereocenters. The summed E-state index contributed by atoms with van der Waals surface area (Å²) in [6, 6.07) is 4.09. The van der Waals surface area contributed by atoms with E-state index in [-0.39, 0.29) is 17.3 Å². The second kappa shape index (κ2) is 7.58. The number of carbonyl (C=O) groups excluding carboxylic acids is 1. The Balaban J connectivity index is 1.82. The van der Waals surface area contributed by atoms with Gasteiger partial charge in [-0.15, -0.1) is 0 Å². The number of nitrogens with zero attached hydrogens (tertiary/aromatic N) is 3. The van der Waals surface area contributed by atoms with E-state index < -0.39 is 0 Å². The average molecular weight is 342 g/mol. The largest absolute Gasteiger partial charge is 0.438 e. The normalized spacial score (nSPS) is 15.1. The molecule has 7 nitrogen and oxygen atoms in total. The first-order valence-corrected chi connectivity index (χ1v) is 8.22. The molecule has 0 atom stereocenters. The summed E-state index contributed by atoms with van der Waals surface area (Å²) in [6.45, 7) is 8.36. The van der Waals surface area contributed by atoms with Crippen LogP contribution in [-0.2, 0) is 11.3 Å². The zero-order valence-corrected chi connectivity index (χ0v) is 14.5. The molecule has 0 radical (unpaired) electrons. The molecule has 2 N–H and O–H groups in total. The Hall–Kier alpha value is -2.51. The number of anilines is 1. The standard InChI is InChI=1S/C18H22N4O3/c1-12-8-16(25-18-15(10-23)17(19)20-11-21-18)13(2)7-14(12)9-22-3-5-24-6-4-22/h7-8,10-11H,3-6,9H2,1-2H3,(H2,19,20,21). The number of aldehydes is 1. The second-order valence-electron chi connectivity index (χ2n) is 6.13. The summed E-state index contributed by atoms with van der Waals surface area (Å²) >= 11 is 0. The zero-order valence-electron chi connectivity index (χ0n) is 14.5. The summed E-state index contributed by atoms with van der Waals surface area (Å²) in [5.74, 6) is 0.939. The van der Waals surface area contributed by atoms with Gasteiger partial charge in [-0.2, -0.15) is 0 Å². The van der Waals surface area contributed by atoms with Gasteiger partial charge in [0.15, 0.2) is 6.29 Å². The van der Waals surface area contributed by atoms with Gasteiger partial charge in [-0.25, -0.2) is 9.97 Å². The highest BCUT2D eigenvalue weighted by atomic mass is 16.5. The van der Waals surface area contributed by atoms with Crippen molar-refractivity contribution in [3.8, 4) is 11.6 Å². The van der Waals surface area contributed by atoms with Crippen LogP contribution in [0.15, 0.2) is 18.5 Å². The van der Waals surface area contributed by atoms with Gasteiger partial charge in [0.2, 0.25) is 5.88 Å². The fourth-order valence-electron chi connectivity index (χ4n) is 2.82. The lowest BCUT2D eigenvalue weighted by Gasteiger charge is -2.27. The number of hydrogen-bond donors (Lipinski definition) is 1. The first-order chi connectivity index (χ1) is 12.1. The van der Waals surface area contributed by atoms with Gasteiger partial charge in [-0.05, 0) is 36.6 Å². The zero-order chi connectivity index (χ0) is 17.8. The molecule has 0 spiro atoms. The van der Waals surface area contributed by atoms with Crippen molar-refractivity contribution in [3.63, 3.8) is 0 Å². The predicted molar refractivity (Wildman–Crippen MR) is 93.9 cm³/mol. The number of hydrogen-bond acceptors (Lipinski definition) is 7. The lowest BCUT2D eigenvalue weighted by Crippen LogP contribution is -2.35. The molecule has 132 valence electrons. The Labute approximate surface area is 146 Å². The van der Waals surface area contributed by atoms with Crippen LogP contribution in [0.3, 0.4) is 0 Å². The van der Waals surface area contributed by atoms with E-state index in [1.807, 2.05) is 13.0 Å². The smallest absolute Gasteiger partial charge is 0.235 e. The Kier molecular flexibility index (Phi) is 5.25. The molecule has 1 fully saturated rings. The molecule has 0 amide bonds. The van der Waals surface area contributed by atoms with E-state index in [0.717, 1.165) is 44.0 Å². The van der Waals surface area contributed by atoms with Crippen molar-refractivity contribution in [2.24, 2.45) is 0 Å². The van der Waals surface area contributed by atoms with Gasteiger partial charge < -0.3 is 15.2 Å². The highest BCUT2D eigenvalue weighted by Crippen LogP contribution is 2.30. The maximum Gasteiger partial charge on any atom is 0.235 e. The Morgan fingerprint density at radius 3 is 2.72 bits per heavy atom. The van der Waals surface area contributed by atoms with Crippen molar-refractivity contribution in [3.05, 3.63) is 40.7 Å². The number of nitrogens with two attached hydrogens (primary N) is 1. The number of ether oxygens (including phenoxy) is 2. The van der Waals surface area contributed by atoms with Crippen LogP contribution in [0.5, 0.6) is 11.6 Å². The molecule has 0 bridgehead atoms. The number of nitrogen functional groups attached to an aromatic ring is 1. The molecule has 0 saturated carbocycles. The number of benzene rings is 1. The first kappa shape index (κ1) is 17.3. The molecule has 2 aromatic rings. The van der Waals surface area contributed by atoms with E-state index in [0.29, 0.717) is 12.0 Å². The quantitative estimate of drug-likeness (QED) is 0.832. The van der Waals surface area contributed by atoms with Gasteiger partial charge in [-0.1, -0.05) is 6.07 Å². The van der Waals surface area contributed by atoms with Crippen LogP contribution in [0.4, 0.5) is 5.82 Å². The summed E-state index contributed by atoms with van der Waals surface area (Å²) in [5, 5.41) is 0. The van der Waals surface area contributed by atoms with Crippen LogP contribution in [0.2, 0.25) is 0 Å². The maximum atomic E-state index is 11.2. The fraction of sp³-hybridized carbons (Fsp3) is 0.389. The van der Waals surface area contributed by atoms with Crippen LogP contribution >= 0.6 is 0 Å². The van der Waals surface area contributed by atoms with Crippen molar-refractivity contribution < 1.29 is 14.3 Å². The number of morpholine rings is 1. The molecule has 1 saturated heterocycles. The molecular weight excluding hydrogens is 320 g/mol. The summed E-state index contributed by atoms with van der Waals surface area (Å²) in [7, 11) is 0. The van der Waals surface area contributed by atoms with Crippen LogP contribution in [0.25, 0.3) is 0 Å². The summed E-state index contributed by atoms with van der Waals surface area (Å²) in [5.41, 5.74) is 9.22. The Bertz CT molecular complexity index is 773. The van der Waals surface area contributed by atoms with E-state index in [1.54, 1.807) is 0 Å². The van der Waals surface area contributed by atoms with Crippen LogP contribution in [-0.4, -0.2) is 47.5 Å². The Morgan fingerprint density at radius 2 is 2.00 bits per heavy atom. The third-order valence-electron chi connectivity index (χ3n) is 4.33. The fourth-order valence-corrected chi connectivity index (χ4v) is 2.82. The lowest BCUT2D eigenvalue weighted by atomic mass is 10.0. The monoisotopic (exact) mass is 342 g/mol. The van der Waals surface area contributed by atoms with Crippen molar-refractivity contribution in [1.29, 1.82) is 0 Å². The molecule has 7 heteroatoms. The van der Waals surface area contributed by atoms with Crippen LogP contribution < -0.4 is 10.5 Å². The van der Waals surface area contributed by atoms with Gasteiger partial charge in [0, 0.05) is 19.6 Å². The number of rotatable bonds is 5. The lowest BCUT2D eigenvalue weighted by molar-refractivity contribution is 0.0341. The Morgan fingerprint density at radius 1 is 1.24 bits per heavy atom. The van der Waals surface area contributed by atoms with Gasteiger partial charge in [0.25, 0.3) is 0 Å².